The van der Waals surface area contributed by atoms with Gasteiger partial charge in [-0.2, -0.15) is 0 Å². The van der Waals surface area contributed by atoms with Gasteiger partial charge in [0.1, 0.15) is 5.60 Å². The molecule has 0 bridgehead atoms. The van der Waals surface area contributed by atoms with E-state index >= 15 is 0 Å². The number of carbonyl (C=O) groups is 2. The van der Waals surface area contributed by atoms with Gasteiger partial charge in [-0.1, -0.05) is 23.8 Å². The summed E-state index contributed by atoms with van der Waals surface area (Å²) in [7, 11) is 0. The van der Waals surface area contributed by atoms with Crippen molar-refractivity contribution in [2.45, 2.75) is 59.5 Å². The number of hydrogen-bond acceptors (Lipinski definition) is 3. The van der Waals surface area contributed by atoms with Gasteiger partial charge in [-0.3, -0.25) is 4.79 Å². The Morgan fingerprint density at radius 2 is 1.96 bits per heavy atom. The van der Waals surface area contributed by atoms with Crippen LogP contribution in [0.1, 0.15) is 50.3 Å². The SMILES string of the molecule is Cc1ccc(C)c(CC2(C(=O)O)CCCN(C(=O)OC(C)(C)C)C2)c1. The summed E-state index contributed by atoms with van der Waals surface area (Å²) >= 11 is 0. The van der Waals surface area contributed by atoms with Crippen LogP contribution in [0.25, 0.3) is 0 Å². The van der Waals surface area contributed by atoms with Gasteiger partial charge in [-0.05, 0) is 65.0 Å². The average Bonchev–Trinajstić information content (AvgIpc) is 2.49. The van der Waals surface area contributed by atoms with Crippen LogP contribution in [0.5, 0.6) is 0 Å². The van der Waals surface area contributed by atoms with Gasteiger partial charge >= 0.3 is 12.1 Å². The summed E-state index contributed by atoms with van der Waals surface area (Å²) in [6.07, 6.45) is 1.22. The Kier molecular flexibility index (Phi) is 5.45. The van der Waals surface area contributed by atoms with Crippen LogP contribution in [0.2, 0.25) is 0 Å². The molecule has 1 atom stereocenters. The van der Waals surface area contributed by atoms with Crippen LogP contribution in [0, 0.1) is 19.3 Å². The summed E-state index contributed by atoms with van der Waals surface area (Å²) in [5, 5.41) is 9.96. The zero-order valence-electron chi connectivity index (χ0n) is 15.9. The lowest BCUT2D eigenvalue weighted by Crippen LogP contribution is -2.52. The van der Waals surface area contributed by atoms with E-state index < -0.39 is 23.1 Å². The fraction of sp³-hybridized carbons (Fsp3) is 0.600. The molecule has 25 heavy (non-hydrogen) atoms. The largest absolute Gasteiger partial charge is 0.481 e. The predicted molar refractivity (Wildman–Crippen MR) is 96.7 cm³/mol. The van der Waals surface area contributed by atoms with Crippen molar-refractivity contribution in [2.24, 2.45) is 5.41 Å². The van der Waals surface area contributed by atoms with Gasteiger partial charge in [0.15, 0.2) is 0 Å². The fourth-order valence-corrected chi connectivity index (χ4v) is 3.36. The molecule has 2 rings (SSSR count). The highest BCUT2D eigenvalue weighted by Crippen LogP contribution is 2.35. The van der Waals surface area contributed by atoms with E-state index in [0.29, 0.717) is 25.8 Å². The molecule has 0 aromatic heterocycles. The number of likely N-dealkylation sites (tertiary alicyclic amines) is 1. The highest BCUT2D eigenvalue weighted by Gasteiger charge is 2.44. The standard InChI is InChI=1S/C20H29NO4/c1-14-7-8-15(2)16(11-14)12-20(17(22)23)9-6-10-21(13-20)18(24)25-19(3,4)5/h7-8,11H,6,9-10,12-13H2,1-5H3,(H,22,23). The second-order valence-electron chi connectivity index (χ2n) is 8.20. The van der Waals surface area contributed by atoms with Gasteiger partial charge in [-0.15, -0.1) is 0 Å². The highest BCUT2D eigenvalue weighted by atomic mass is 16.6. The first-order chi connectivity index (χ1) is 11.5. The fourth-order valence-electron chi connectivity index (χ4n) is 3.36. The van der Waals surface area contributed by atoms with E-state index in [1.165, 1.54) is 0 Å². The molecule has 1 fully saturated rings. The van der Waals surface area contributed by atoms with Crippen molar-refractivity contribution in [1.82, 2.24) is 4.90 Å². The molecule has 1 amide bonds. The molecule has 1 aromatic rings. The molecule has 0 aliphatic carbocycles. The van der Waals surface area contributed by atoms with E-state index in [1.807, 2.05) is 52.8 Å². The van der Waals surface area contributed by atoms with Crippen LogP contribution in [-0.2, 0) is 16.0 Å². The monoisotopic (exact) mass is 347 g/mol. The summed E-state index contributed by atoms with van der Waals surface area (Å²) in [5.74, 6) is -0.846. The van der Waals surface area contributed by atoms with E-state index in [4.69, 9.17) is 4.74 Å². The maximum atomic E-state index is 12.4. The molecule has 5 nitrogen and oxygen atoms in total. The molecule has 1 aliphatic rings. The molecule has 1 heterocycles. The molecular weight excluding hydrogens is 318 g/mol. The number of carboxylic acid groups (broad SMARTS) is 1. The number of carbonyl (C=O) groups excluding carboxylic acids is 1. The number of rotatable bonds is 3. The minimum Gasteiger partial charge on any atom is -0.481 e. The minimum atomic E-state index is -0.965. The van der Waals surface area contributed by atoms with Crippen molar-refractivity contribution >= 4 is 12.1 Å². The summed E-state index contributed by atoms with van der Waals surface area (Å²) in [4.78, 5) is 26.1. The Morgan fingerprint density at radius 1 is 1.28 bits per heavy atom. The molecular formula is C20H29NO4. The Morgan fingerprint density at radius 3 is 2.56 bits per heavy atom. The van der Waals surface area contributed by atoms with E-state index in [1.54, 1.807) is 4.90 Å². The first-order valence-electron chi connectivity index (χ1n) is 8.80. The van der Waals surface area contributed by atoms with Gasteiger partial charge in [0, 0.05) is 13.1 Å². The molecule has 1 saturated heterocycles. The average molecular weight is 347 g/mol. The first kappa shape index (κ1) is 19.3. The maximum Gasteiger partial charge on any atom is 0.410 e. The van der Waals surface area contributed by atoms with Crippen molar-refractivity contribution in [3.05, 3.63) is 34.9 Å². The third kappa shape index (κ3) is 4.74. The number of amides is 1. The van der Waals surface area contributed by atoms with Crippen molar-refractivity contribution in [3.63, 3.8) is 0 Å². The van der Waals surface area contributed by atoms with Crippen LogP contribution < -0.4 is 0 Å². The smallest absolute Gasteiger partial charge is 0.410 e. The quantitative estimate of drug-likeness (QED) is 0.899. The topological polar surface area (TPSA) is 66.8 Å². The number of benzene rings is 1. The zero-order chi connectivity index (χ0) is 18.8. The van der Waals surface area contributed by atoms with Crippen LogP contribution in [0.4, 0.5) is 4.79 Å². The number of aliphatic carboxylic acids is 1. The van der Waals surface area contributed by atoms with E-state index in [9.17, 15) is 14.7 Å². The molecule has 1 aliphatic heterocycles. The van der Waals surface area contributed by atoms with Crippen LogP contribution in [0.3, 0.4) is 0 Å². The summed E-state index contributed by atoms with van der Waals surface area (Å²) < 4.78 is 5.44. The van der Waals surface area contributed by atoms with E-state index in [0.717, 1.165) is 16.7 Å². The van der Waals surface area contributed by atoms with Gasteiger partial charge in [0.25, 0.3) is 0 Å². The molecule has 0 spiro atoms. The van der Waals surface area contributed by atoms with Crippen LogP contribution in [-0.4, -0.2) is 40.8 Å². The molecule has 1 unspecified atom stereocenters. The van der Waals surface area contributed by atoms with Crippen molar-refractivity contribution in [2.75, 3.05) is 13.1 Å². The molecule has 138 valence electrons. The number of carboxylic acids is 1. The third-order valence-electron chi connectivity index (χ3n) is 4.72. The second kappa shape index (κ2) is 7.06. The molecule has 0 saturated carbocycles. The number of piperidine rings is 1. The molecule has 1 N–H and O–H groups in total. The van der Waals surface area contributed by atoms with E-state index in [2.05, 4.69) is 0 Å². The van der Waals surface area contributed by atoms with Gasteiger partial charge < -0.3 is 14.7 Å². The Balaban J connectivity index is 2.25. The van der Waals surface area contributed by atoms with E-state index in [-0.39, 0.29) is 6.54 Å². The second-order valence-corrected chi connectivity index (χ2v) is 8.20. The maximum absolute atomic E-state index is 12.4. The van der Waals surface area contributed by atoms with Crippen LogP contribution >= 0.6 is 0 Å². The number of aryl methyl sites for hydroxylation is 2. The lowest BCUT2D eigenvalue weighted by atomic mass is 9.74. The van der Waals surface area contributed by atoms with Gasteiger partial charge in [-0.25, -0.2) is 4.79 Å². The van der Waals surface area contributed by atoms with Gasteiger partial charge in [0.2, 0.25) is 0 Å². The molecule has 1 aromatic carbocycles. The number of ether oxygens (including phenoxy) is 1. The van der Waals surface area contributed by atoms with Crippen molar-refractivity contribution in [3.8, 4) is 0 Å². The lowest BCUT2D eigenvalue weighted by Gasteiger charge is -2.40. The van der Waals surface area contributed by atoms with Crippen molar-refractivity contribution in [1.29, 1.82) is 0 Å². The number of hydrogen-bond donors (Lipinski definition) is 1. The predicted octanol–water partition coefficient (Wildman–Crippen LogP) is 3.95. The summed E-state index contributed by atoms with van der Waals surface area (Å²) in [6, 6.07) is 6.10. The minimum absolute atomic E-state index is 0.185. The molecule has 5 heteroatoms. The molecule has 0 radical (unpaired) electrons. The number of nitrogens with zero attached hydrogens (tertiary/aromatic N) is 1. The third-order valence-corrected chi connectivity index (χ3v) is 4.72. The Bertz CT molecular complexity index is 662. The normalized spacial score (nSPS) is 21.1. The summed E-state index contributed by atoms with van der Waals surface area (Å²) in [5.41, 5.74) is 1.68. The highest BCUT2D eigenvalue weighted by molar-refractivity contribution is 5.77. The lowest BCUT2D eigenvalue weighted by molar-refractivity contribution is -0.152. The Hall–Kier alpha value is -2.04. The van der Waals surface area contributed by atoms with Crippen LogP contribution in [0.15, 0.2) is 18.2 Å². The van der Waals surface area contributed by atoms with Crippen molar-refractivity contribution < 1.29 is 19.4 Å². The van der Waals surface area contributed by atoms with Gasteiger partial charge in [0.05, 0.1) is 5.41 Å². The zero-order valence-corrected chi connectivity index (χ0v) is 15.9. The summed E-state index contributed by atoms with van der Waals surface area (Å²) in [6.45, 7) is 10.2. The Labute approximate surface area is 150 Å². The first-order valence-corrected chi connectivity index (χ1v) is 8.80.